The van der Waals surface area contributed by atoms with Gasteiger partial charge in [-0.2, -0.15) is 0 Å². The summed E-state index contributed by atoms with van der Waals surface area (Å²) >= 11 is 0. The summed E-state index contributed by atoms with van der Waals surface area (Å²) in [6.45, 7) is 9.70. The van der Waals surface area contributed by atoms with Crippen LogP contribution in [0.1, 0.15) is 50.1 Å². The summed E-state index contributed by atoms with van der Waals surface area (Å²) in [5.74, 6) is 0.135. The lowest BCUT2D eigenvalue weighted by Gasteiger charge is -2.32. The van der Waals surface area contributed by atoms with Gasteiger partial charge in [-0.05, 0) is 93.1 Å². The number of nitrogens with one attached hydrogen (secondary N) is 2. The van der Waals surface area contributed by atoms with Crippen molar-refractivity contribution in [2.24, 2.45) is 0 Å². The number of halogens is 2. The minimum absolute atomic E-state index is 0.221. The Labute approximate surface area is 216 Å². The molecule has 37 heavy (non-hydrogen) atoms. The van der Waals surface area contributed by atoms with Crippen LogP contribution in [0, 0.1) is 18.6 Å². The fourth-order valence-electron chi connectivity index (χ4n) is 4.46. The molecule has 1 aliphatic rings. The second-order valence-electron chi connectivity index (χ2n) is 9.63. The first-order valence-corrected chi connectivity index (χ1v) is 12.7. The van der Waals surface area contributed by atoms with Gasteiger partial charge in [0.25, 0.3) is 0 Å². The number of ether oxygens (including phenoxy) is 1. The standard InChI is InChI=1S/C29H34F2N4O2/c1-5-26(33-16-20-7-9-23(30)13-19(20)4)35(18(2)3)11-6-12-37-29(36)28-27(34-28)25-15-22-14-24(31)10-8-21(22)17-32-25/h5,7-10,13-15,17-18,27-28,33-34H,6,11-12,16H2,1-4H3/b26-5+. The van der Waals surface area contributed by atoms with Crippen LogP contribution in [0.2, 0.25) is 0 Å². The van der Waals surface area contributed by atoms with E-state index in [-0.39, 0.29) is 29.7 Å². The predicted octanol–water partition coefficient (Wildman–Crippen LogP) is 5.13. The van der Waals surface area contributed by atoms with Crippen molar-refractivity contribution in [3.63, 3.8) is 0 Å². The van der Waals surface area contributed by atoms with E-state index in [1.165, 1.54) is 24.3 Å². The molecule has 0 spiro atoms. The molecule has 2 heterocycles. The van der Waals surface area contributed by atoms with Gasteiger partial charge in [-0.3, -0.25) is 15.1 Å². The number of aryl methyl sites for hydroxylation is 1. The maximum Gasteiger partial charge on any atom is 0.325 e. The topological polar surface area (TPSA) is 76.4 Å². The number of nitrogens with zero attached hydrogens (tertiary/aromatic N) is 2. The molecule has 2 unspecified atom stereocenters. The first-order chi connectivity index (χ1) is 17.8. The van der Waals surface area contributed by atoms with Gasteiger partial charge in [0, 0.05) is 30.7 Å². The molecular formula is C29H34F2N4O2. The van der Waals surface area contributed by atoms with Crippen LogP contribution in [0.3, 0.4) is 0 Å². The van der Waals surface area contributed by atoms with Gasteiger partial charge in [-0.1, -0.05) is 6.07 Å². The van der Waals surface area contributed by atoms with E-state index in [9.17, 15) is 13.6 Å². The molecule has 196 valence electrons. The first kappa shape index (κ1) is 26.5. The van der Waals surface area contributed by atoms with E-state index in [1.54, 1.807) is 18.3 Å². The summed E-state index contributed by atoms with van der Waals surface area (Å²) in [5.41, 5.74) is 2.64. The third kappa shape index (κ3) is 6.63. The fourth-order valence-corrected chi connectivity index (χ4v) is 4.46. The Kier molecular flexibility index (Phi) is 8.38. The third-order valence-corrected chi connectivity index (χ3v) is 6.62. The lowest BCUT2D eigenvalue weighted by Crippen LogP contribution is -2.37. The molecule has 8 heteroatoms. The monoisotopic (exact) mass is 508 g/mol. The van der Waals surface area contributed by atoms with Crippen molar-refractivity contribution in [2.45, 2.75) is 58.8 Å². The normalized spacial score (nSPS) is 17.2. The van der Waals surface area contributed by atoms with Crippen LogP contribution in [0.4, 0.5) is 8.78 Å². The summed E-state index contributed by atoms with van der Waals surface area (Å²) in [5, 5.41) is 8.18. The quantitative estimate of drug-likeness (QED) is 0.213. The highest BCUT2D eigenvalue weighted by Crippen LogP contribution is 2.31. The van der Waals surface area contributed by atoms with Gasteiger partial charge in [0.2, 0.25) is 0 Å². The Morgan fingerprint density at radius 3 is 2.65 bits per heavy atom. The average molecular weight is 509 g/mol. The van der Waals surface area contributed by atoms with Gasteiger partial charge < -0.3 is 15.0 Å². The zero-order valence-electron chi connectivity index (χ0n) is 21.7. The van der Waals surface area contributed by atoms with Crippen LogP contribution < -0.4 is 10.6 Å². The number of rotatable bonds is 11. The molecular weight excluding hydrogens is 474 g/mol. The minimum Gasteiger partial charge on any atom is -0.464 e. The Balaban J connectivity index is 1.25. The Bertz CT molecular complexity index is 1290. The number of benzene rings is 2. The Morgan fingerprint density at radius 2 is 1.92 bits per heavy atom. The Hall–Kier alpha value is -3.52. The molecule has 1 aromatic heterocycles. The highest BCUT2D eigenvalue weighted by atomic mass is 19.1. The number of carbonyl (C=O) groups is 1. The molecule has 4 rings (SSSR count). The van der Waals surface area contributed by atoms with E-state index in [2.05, 4.69) is 34.4 Å². The molecule has 6 nitrogen and oxygen atoms in total. The van der Waals surface area contributed by atoms with Gasteiger partial charge in [0.15, 0.2) is 0 Å². The van der Waals surface area contributed by atoms with Crippen molar-refractivity contribution < 1.29 is 18.3 Å². The minimum atomic E-state index is -0.438. The number of pyridine rings is 1. The molecule has 2 aromatic carbocycles. The molecule has 2 N–H and O–H groups in total. The second kappa shape index (κ2) is 11.7. The first-order valence-electron chi connectivity index (χ1n) is 12.7. The van der Waals surface area contributed by atoms with Crippen LogP contribution in [0.15, 0.2) is 60.6 Å². The van der Waals surface area contributed by atoms with Crippen LogP contribution in [-0.2, 0) is 16.1 Å². The molecule has 2 atom stereocenters. The van der Waals surface area contributed by atoms with Gasteiger partial charge in [-0.15, -0.1) is 0 Å². The summed E-state index contributed by atoms with van der Waals surface area (Å²) in [6, 6.07) is 10.8. The van der Waals surface area contributed by atoms with Crippen molar-refractivity contribution in [1.29, 1.82) is 0 Å². The molecule has 1 fully saturated rings. The second-order valence-corrected chi connectivity index (χ2v) is 9.63. The Morgan fingerprint density at radius 1 is 1.16 bits per heavy atom. The summed E-state index contributed by atoms with van der Waals surface area (Å²) in [7, 11) is 0. The summed E-state index contributed by atoms with van der Waals surface area (Å²) < 4.78 is 32.5. The fraction of sp³-hybridized carbons (Fsp3) is 0.379. The van der Waals surface area contributed by atoms with Crippen molar-refractivity contribution >= 4 is 16.7 Å². The van der Waals surface area contributed by atoms with E-state index in [4.69, 9.17) is 4.74 Å². The van der Waals surface area contributed by atoms with Crippen LogP contribution in [0.25, 0.3) is 10.8 Å². The molecule has 0 aliphatic carbocycles. The lowest BCUT2D eigenvalue weighted by atomic mass is 10.1. The number of esters is 1. The number of aromatic nitrogens is 1. The molecule has 0 saturated carbocycles. The largest absolute Gasteiger partial charge is 0.464 e. The van der Waals surface area contributed by atoms with Crippen molar-refractivity contribution in [3.8, 4) is 0 Å². The van der Waals surface area contributed by atoms with E-state index in [1.807, 2.05) is 26.0 Å². The number of allylic oxidation sites excluding steroid dienone is 1. The predicted molar refractivity (Wildman–Crippen MR) is 141 cm³/mol. The zero-order valence-corrected chi connectivity index (χ0v) is 21.7. The highest BCUT2D eigenvalue weighted by Gasteiger charge is 2.45. The van der Waals surface area contributed by atoms with Crippen LogP contribution >= 0.6 is 0 Å². The van der Waals surface area contributed by atoms with E-state index >= 15 is 0 Å². The molecule has 1 aliphatic heterocycles. The van der Waals surface area contributed by atoms with E-state index < -0.39 is 6.04 Å². The summed E-state index contributed by atoms with van der Waals surface area (Å²) in [4.78, 5) is 19.2. The molecule has 3 aromatic rings. The summed E-state index contributed by atoms with van der Waals surface area (Å²) in [6.07, 6.45) is 4.38. The number of hydrogen-bond acceptors (Lipinski definition) is 6. The average Bonchev–Trinajstić information content (AvgIpc) is 3.67. The van der Waals surface area contributed by atoms with Crippen LogP contribution in [-0.4, -0.2) is 41.1 Å². The van der Waals surface area contributed by atoms with Gasteiger partial charge in [0.05, 0.1) is 24.2 Å². The molecule has 0 radical (unpaired) electrons. The maximum absolute atomic E-state index is 13.6. The molecule has 0 amide bonds. The molecule has 1 saturated heterocycles. The van der Waals surface area contributed by atoms with E-state index in [0.29, 0.717) is 31.8 Å². The van der Waals surface area contributed by atoms with Gasteiger partial charge in [-0.25, -0.2) is 8.78 Å². The maximum atomic E-state index is 13.6. The lowest BCUT2D eigenvalue weighted by molar-refractivity contribution is -0.143. The van der Waals surface area contributed by atoms with Gasteiger partial charge >= 0.3 is 5.97 Å². The van der Waals surface area contributed by atoms with Crippen molar-refractivity contribution in [2.75, 3.05) is 13.2 Å². The van der Waals surface area contributed by atoms with Crippen LogP contribution in [0.5, 0.6) is 0 Å². The third-order valence-electron chi connectivity index (χ3n) is 6.62. The van der Waals surface area contributed by atoms with Gasteiger partial charge in [0.1, 0.15) is 17.7 Å². The number of carbonyl (C=O) groups excluding carboxylic acids is 1. The highest BCUT2D eigenvalue weighted by molar-refractivity contribution is 5.84. The van der Waals surface area contributed by atoms with Crippen molar-refractivity contribution in [1.82, 2.24) is 20.5 Å². The number of fused-ring (bicyclic) bond motifs is 1. The smallest absolute Gasteiger partial charge is 0.325 e. The van der Waals surface area contributed by atoms with E-state index in [0.717, 1.165) is 27.7 Å². The number of hydrogen-bond donors (Lipinski definition) is 2. The zero-order chi connectivity index (χ0) is 26.5. The SMILES string of the molecule is C/C=C(\NCc1ccc(F)cc1C)N(CCCOC(=O)C1NC1c1cc2cc(F)ccc2cn1)C(C)C. The molecule has 0 bridgehead atoms. The van der Waals surface area contributed by atoms with Crippen molar-refractivity contribution in [3.05, 3.63) is 89.0 Å².